The van der Waals surface area contributed by atoms with Gasteiger partial charge in [-0.2, -0.15) is 0 Å². The first-order valence-corrected chi connectivity index (χ1v) is 5.06. The van der Waals surface area contributed by atoms with Gasteiger partial charge in [-0.1, -0.05) is 6.07 Å². The van der Waals surface area contributed by atoms with Gasteiger partial charge in [-0.05, 0) is 51.3 Å². The van der Waals surface area contributed by atoms with E-state index in [1.165, 1.54) is 11.3 Å². The third-order valence-corrected chi connectivity index (χ3v) is 2.46. The molecule has 0 heterocycles. The van der Waals surface area contributed by atoms with Crippen LogP contribution in [0.2, 0.25) is 0 Å². The molecule has 0 saturated heterocycles. The van der Waals surface area contributed by atoms with E-state index >= 15 is 0 Å². The maximum absolute atomic E-state index is 5.99. The van der Waals surface area contributed by atoms with Gasteiger partial charge < -0.3 is 11.1 Å². The van der Waals surface area contributed by atoms with Gasteiger partial charge in [-0.25, -0.2) is 0 Å². The Kier molecular flexibility index (Phi) is 3.04. The van der Waals surface area contributed by atoms with Gasteiger partial charge in [0.25, 0.3) is 0 Å². The fourth-order valence-corrected chi connectivity index (χ4v) is 1.71. The van der Waals surface area contributed by atoms with E-state index in [9.17, 15) is 0 Å². The van der Waals surface area contributed by atoms with Gasteiger partial charge in [-0.15, -0.1) is 0 Å². The van der Waals surface area contributed by atoms with Crippen molar-refractivity contribution in [2.75, 3.05) is 11.1 Å². The predicted molar refractivity (Wildman–Crippen MR) is 63.8 cm³/mol. The van der Waals surface area contributed by atoms with Crippen molar-refractivity contribution in [1.29, 1.82) is 0 Å². The Labute approximate surface area is 86.5 Å². The minimum absolute atomic E-state index is 0.439. The summed E-state index contributed by atoms with van der Waals surface area (Å²) in [5, 5.41) is 3.43. The van der Waals surface area contributed by atoms with E-state index in [1.54, 1.807) is 0 Å². The van der Waals surface area contributed by atoms with Gasteiger partial charge in [0.2, 0.25) is 0 Å². The lowest BCUT2D eigenvalue weighted by Crippen LogP contribution is -2.13. The van der Waals surface area contributed by atoms with E-state index in [4.69, 9.17) is 5.73 Å². The molecular weight excluding hydrogens is 172 g/mol. The maximum atomic E-state index is 5.99. The second-order valence-electron chi connectivity index (χ2n) is 4.22. The first-order valence-electron chi connectivity index (χ1n) is 5.06. The first-order chi connectivity index (χ1) is 6.43. The van der Waals surface area contributed by atoms with Crippen LogP contribution in [0.25, 0.3) is 0 Å². The molecule has 1 rings (SSSR count). The molecular formula is C12H20N2. The molecule has 14 heavy (non-hydrogen) atoms. The third-order valence-electron chi connectivity index (χ3n) is 2.46. The molecule has 0 aliphatic rings. The van der Waals surface area contributed by atoms with Crippen LogP contribution < -0.4 is 11.1 Å². The summed E-state index contributed by atoms with van der Waals surface area (Å²) in [5.74, 6) is 0. The van der Waals surface area contributed by atoms with Gasteiger partial charge in [-0.3, -0.25) is 0 Å². The van der Waals surface area contributed by atoms with Crippen molar-refractivity contribution in [2.24, 2.45) is 0 Å². The molecule has 0 fully saturated rings. The molecule has 1 aromatic carbocycles. The van der Waals surface area contributed by atoms with Gasteiger partial charge in [0.05, 0.1) is 0 Å². The number of nitrogens with one attached hydrogen (secondary N) is 1. The summed E-state index contributed by atoms with van der Waals surface area (Å²) >= 11 is 0. The summed E-state index contributed by atoms with van der Waals surface area (Å²) in [6.45, 7) is 10.5. The lowest BCUT2D eigenvalue weighted by molar-refractivity contribution is 0.895. The monoisotopic (exact) mass is 192 g/mol. The van der Waals surface area contributed by atoms with Crippen LogP contribution in [-0.2, 0) is 0 Å². The summed E-state index contributed by atoms with van der Waals surface area (Å²) in [5.41, 5.74) is 11.7. The number of nitrogens with two attached hydrogens (primary N) is 1. The zero-order valence-corrected chi connectivity index (χ0v) is 9.73. The van der Waals surface area contributed by atoms with Gasteiger partial charge in [0.1, 0.15) is 0 Å². The molecule has 0 aliphatic carbocycles. The van der Waals surface area contributed by atoms with Gasteiger partial charge >= 0.3 is 0 Å². The van der Waals surface area contributed by atoms with Crippen molar-refractivity contribution in [3.8, 4) is 0 Å². The minimum atomic E-state index is 0.439. The summed E-state index contributed by atoms with van der Waals surface area (Å²) in [6, 6.07) is 2.57. The standard InChI is InChI=1S/C12H20N2/c1-7(2)14-12-9(4)6-8(3)11(13)10(12)5/h6-7,14H,13H2,1-5H3. The first kappa shape index (κ1) is 10.9. The largest absolute Gasteiger partial charge is 0.398 e. The smallest absolute Gasteiger partial charge is 0.0422 e. The Bertz CT molecular complexity index is 341. The van der Waals surface area contributed by atoms with Crippen LogP contribution in [0, 0.1) is 20.8 Å². The Morgan fingerprint density at radius 1 is 1.14 bits per heavy atom. The topological polar surface area (TPSA) is 38.0 Å². The van der Waals surface area contributed by atoms with Crippen LogP contribution in [-0.4, -0.2) is 6.04 Å². The van der Waals surface area contributed by atoms with Gasteiger partial charge in [0.15, 0.2) is 0 Å². The molecule has 2 heteroatoms. The normalized spacial score (nSPS) is 10.7. The molecule has 2 nitrogen and oxygen atoms in total. The van der Waals surface area contributed by atoms with E-state index in [-0.39, 0.29) is 0 Å². The number of nitrogen functional groups attached to an aromatic ring is 1. The molecule has 0 bridgehead atoms. The van der Waals surface area contributed by atoms with Crippen LogP contribution in [0.1, 0.15) is 30.5 Å². The van der Waals surface area contributed by atoms with E-state index in [0.29, 0.717) is 6.04 Å². The van der Waals surface area contributed by atoms with Crippen molar-refractivity contribution in [2.45, 2.75) is 40.7 Å². The second kappa shape index (κ2) is 3.91. The van der Waals surface area contributed by atoms with Crippen molar-refractivity contribution < 1.29 is 0 Å². The average molecular weight is 192 g/mol. The lowest BCUT2D eigenvalue weighted by atomic mass is 10.0. The second-order valence-corrected chi connectivity index (χ2v) is 4.22. The molecule has 0 aromatic heterocycles. The molecule has 0 radical (unpaired) electrons. The maximum Gasteiger partial charge on any atom is 0.0422 e. The van der Waals surface area contributed by atoms with Crippen molar-refractivity contribution in [3.63, 3.8) is 0 Å². The fourth-order valence-electron chi connectivity index (χ4n) is 1.71. The zero-order chi connectivity index (χ0) is 10.9. The molecule has 0 aliphatic heterocycles. The zero-order valence-electron chi connectivity index (χ0n) is 9.73. The Morgan fingerprint density at radius 2 is 1.71 bits per heavy atom. The molecule has 3 N–H and O–H groups in total. The van der Waals surface area contributed by atoms with Gasteiger partial charge in [0, 0.05) is 17.4 Å². The number of hydrogen-bond donors (Lipinski definition) is 2. The van der Waals surface area contributed by atoms with Crippen LogP contribution in [0.15, 0.2) is 6.07 Å². The number of anilines is 2. The van der Waals surface area contributed by atoms with E-state index in [0.717, 1.165) is 16.8 Å². The molecule has 0 spiro atoms. The highest BCUT2D eigenvalue weighted by molar-refractivity contribution is 5.70. The van der Waals surface area contributed by atoms with Crippen LogP contribution in [0.3, 0.4) is 0 Å². The highest BCUT2D eigenvalue weighted by atomic mass is 14.9. The number of rotatable bonds is 2. The highest BCUT2D eigenvalue weighted by Crippen LogP contribution is 2.28. The summed E-state index contributed by atoms with van der Waals surface area (Å²) in [4.78, 5) is 0. The number of benzene rings is 1. The lowest BCUT2D eigenvalue weighted by Gasteiger charge is -2.18. The van der Waals surface area contributed by atoms with E-state index < -0.39 is 0 Å². The van der Waals surface area contributed by atoms with Crippen LogP contribution in [0.4, 0.5) is 11.4 Å². The highest BCUT2D eigenvalue weighted by Gasteiger charge is 2.08. The summed E-state index contributed by atoms with van der Waals surface area (Å²) in [6.07, 6.45) is 0. The Hall–Kier alpha value is -1.18. The third kappa shape index (κ3) is 2.00. The molecule has 0 saturated carbocycles. The van der Waals surface area contributed by atoms with E-state index in [1.807, 2.05) is 0 Å². The van der Waals surface area contributed by atoms with Crippen molar-refractivity contribution >= 4 is 11.4 Å². The average Bonchev–Trinajstić information content (AvgIpc) is 2.09. The van der Waals surface area contributed by atoms with Crippen LogP contribution in [0.5, 0.6) is 0 Å². The quantitative estimate of drug-likeness (QED) is 0.707. The SMILES string of the molecule is Cc1cc(C)c(NC(C)C)c(C)c1N. The molecule has 1 aromatic rings. The molecule has 0 unspecified atom stereocenters. The Morgan fingerprint density at radius 3 is 2.21 bits per heavy atom. The summed E-state index contributed by atoms with van der Waals surface area (Å²) < 4.78 is 0. The number of aryl methyl sites for hydroxylation is 2. The predicted octanol–water partition coefficient (Wildman–Crippen LogP) is 3.01. The fraction of sp³-hybridized carbons (Fsp3) is 0.500. The molecule has 0 amide bonds. The molecule has 78 valence electrons. The minimum Gasteiger partial charge on any atom is -0.398 e. The molecule has 0 atom stereocenters. The van der Waals surface area contributed by atoms with Crippen molar-refractivity contribution in [1.82, 2.24) is 0 Å². The summed E-state index contributed by atoms with van der Waals surface area (Å²) in [7, 11) is 0. The Balaban J connectivity index is 3.22. The van der Waals surface area contributed by atoms with Crippen molar-refractivity contribution in [3.05, 3.63) is 22.8 Å². The van der Waals surface area contributed by atoms with E-state index in [2.05, 4.69) is 46.0 Å². The van der Waals surface area contributed by atoms with Crippen LogP contribution >= 0.6 is 0 Å². The number of hydrogen-bond acceptors (Lipinski definition) is 2.